The Morgan fingerprint density at radius 2 is 2.17 bits per heavy atom. The zero-order chi connectivity index (χ0) is 13.2. The van der Waals surface area contributed by atoms with Crippen molar-refractivity contribution in [2.45, 2.75) is 18.5 Å². The molecule has 0 amide bonds. The maximum absolute atomic E-state index is 6.41. The first-order chi connectivity index (χ1) is 8.51. The molecule has 5 nitrogen and oxygen atoms in total. The summed E-state index contributed by atoms with van der Waals surface area (Å²) in [6.07, 6.45) is 3.48. The van der Waals surface area contributed by atoms with E-state index in [9.17, 15) is 0 Å². The molecule has 1 aromatic rings. The van der Waals surface area contributed by atoms with Crippen molar-refractivity contribution in [3.05, 3.63) is 23.8 Å². The van der Waals surface area contributed by atoms with Crippen LogP contribution in [0.1, 0.15) is 18.4 Å². The van der Waals surface area contributed by atoms with E-state index in [4.69, 9.17) is 11.5 Å². The minimum Gasteiger partial charge on any atom is -0.399 e. The summed E-state index contributed by atoms with van der Waals surface area (Å²) in [7, 11) is 4.11. The average molecular weight is 247 g/mol. The number of hydrogen-bond acceptors (Lipinski definition) is 5. The molecule has 0 saturated heterocycles. The fourth-order valence-electron chi connectivity index (χ4n) is 2.20. The van der Waals surface area contributed by atoms with E-state index in [1.54, 1.807) is 6.34 Å². The van der Waals surface area contributed by atoms with Gasteiger partial charge in [0.05, 0.1) is 6.34 Å². The molecule has 2 rings (SSSR count). The van der Waals surface area contributed by atoms with Crippen molar-refractivity contribution in [3.8, 4) is 0 Å². The molecular formula is C13H21N5. The molecule has 1 aliphatic heterocycles. The quantitative estimate of drug-likeness (QED) is 0.698. The number of nitrogen functional groups attached to an aromatic ring is 1. The minimum absolute atomic E-state index is 0.661. The third kappa shape index (κ3) is 2.63. The molecule has 18 heavy (non-hydrogen) atoms. The Morgan fingerprint density at radius 1 is 1.39 bits per heavy atom. The predicted octanol–water partition coefficient (Wildman–Crippen LogP) is 1.18. The third-order valence-electron chi connectivity index (χ3n) is 3.19. The molecule has 0 fully saturated rings. The Hall–Kier alpha value is -1.59. The van der Waals surface area contributed by atoms with E-state index < -0.39 is 5.66 Å². The summed E-state index contributed by atoms with van der Waals surface area (Å²) in [5.41, 5.74) is 14.3. The lowest BCUT2D eigenvalue weighted by atomic mass is 9.92. The van der Waals surface area contributed by atoms with Crippen LogP contribution in [0, 0.1) is 0 Å². The van der Waals surface area contributed by atoms with Crippen molar-refractivity contribution >= 4 is 17.7 Å². The topological polar surface area (TPSA) is 79.7 Å². The highest BCUT2D eigenvalue weighted by Gasteiger charge is 2.30. The Balaban J connectivity index is 2.19. The van der Waals surface area contributed by atoms with Gasteiger partial charge in [-0.25, -0.2) is 4.99 Å². The van der Waals surface area contributed by atoms with Crippen LogP contribution in [-0.4, -0.2) is 31.9 Å². The van der Waals surface area contributed by atoms with Crippen molar-refractivity contribution < 1.29 is 0 Å². The van der Waals surface area contributed by atoms with Crippen LogP contribution in [0.15, 0.2) is 23.2 Å². The highest BCUT2D eigenvalue weighted by atomic mass is 15.1. The lowest BCUT2D eigenvalue weighted by molar-refractivity contribution is 0.345. The second kappa shape index (κ2) is 4.96. The number of nitrogens with zero attached hydrogens (tertiary/aromatic N) is 2. The molecule has 1 aliphatic rings. The summed E-state index contributed by atoms with van der Waals surface area (Å²) in [5.74, 6) is 0. The molecule has 0 spiro atoms. The van der Waals surface area contributed by atoms with Gasteiger partial charge in [-0.05, 0) is 51.7 Å². The van der Waals surface area contributed by atoms with Gasteiger partial charge >= 0.3 is 0 Å². The highest BCUT2D eigenvalue weighted by molar-refractivity contribution is 5.82. The Kier molecular flexibility index (Phi) is 3.54. The van der Waals surface area contributed by atoms with Gasteiger partial charge in [0.1, 0.15) is 5.66 Å². The van der Waals surface area contributed by atoms with Crippen molar-refractivity contribution in [3.63, 3.8) is 0 Å². The molecule has 0 radical (unpaired) electrons. The summed E-state index contributed by atoms with van der Waals surface area (Å²) in [6, 6.07) is 5.73. The van der Waals surface area contributed by atoms with Gasteiger partial charge in [0.2, 0.25) is 0 Å². The van der Waals surface area contributed by atoms with Crippen LogP contribution in [0.25, 0.3) is 0 Å². The molecule has 1 heterocycles. The lowest BCUT2D eigenvalue weighted by Gasteiger charge is -2.31. The van der Waals surface area contributed by atoms with Crippen molar-refractivity contribution in [1.82, 2.24) is 4.90 Å². The van der Waals surface area contributed by atoms with Crippen LogP contribution in [0.3, 0.4) is 0 Å². The van der Waals surface area contributed by atoms with Crippen LogP contribution in [-0.2, 0) is 5.66 Å². The Bertz CT molecular complexity index is 455. The first-order valence-corrected chi connectivity index (χ1v) is 6.15. The van der Waals surface area contributed by atoms with Crippen LogP contribution in [0.5, 0.6) is 0 Å². The number of anilines is 2. The number of nitrogens with one attached hydrogen (secondary N) is 1. The maximum atomic E-state index is 6.41. The fraction of sp³-hybridized carbons (Fsp3) is 0.462. The van der Waals surface area contributed by atoms with Gasteiger partial charge in [0.25, 0.3) is 0 Å². The van der Waals surface area contributed by atoms with E-state index in [0.717, 1.165) is 36.3 Å². The second-order valence-corrected chi connectivity index (χ2v) is 5.04. The van der Waals surface area contributed by atoms with Gasteiger partial charge in [-0.15, -0.1) is 0 Å². The number of aliphatic imine (C=N–C) groups is 1. The summed E-state index contributed by atoms with van der Waals surface area (Å²) >= 11 is 0. The molecule has 1 aromatic carbocycles. The van der Waals surface area contributed by atoms with Crippen LogP contribution < -0.4 is 16.8 Å². The van der Waals surface area contributed by atoms with Gasteiger partial charge in [-0.2, -0.15) is 0 Å². The lowest BCUT2D eigenvalue weighted by Crippen LogP contribution is -2.39. The molecule has 0 bridgehead atoms. The maximum Gasteiger partial charge on any atom is 0.137 e. The largest absolute Gasteiger partial charge is 0.399 e. The predicted molar refractivity (Wildman–Crippen MR) is 76.6 cm³/mol. The van der Waals surface area contributed by atoms with Crippen LogP contribution >= 0.6 is 0 Å². The first kappa shape index (κ1) is 12.9. The van der Waals surface area contributed by atoms with Gasteiger partial charge in [-0.1, -0.05) is 0 Å². The molecule has 1 atom stereocenters. The molecule has 5 N–H and O–H groups in total. The van der Waals surface area contributed by atoms with Crippen molar-refractivity contribution in [2.75, 3.05) is 31.7 Å². The third-order valence-corrected chi connectivity index (χ3v) is 3.19. The van der Waals surface area contributed by atoms with Gasteiger partial charge in [0.15, 0.2) is 0 Å². The van der Waals surface area contributed by atoms with Gasteiger partial charge < -0.3 is 21.7 Å². The van der Waals surface area contributed by atoms with Crippen molar-refractivity contribution in [1.29, 1.82) is 0 Å². The SMILES string of the molecule is CN(C)CCCC1(N)N=CNc2ccc(N)cc21. The Morgan fingerprint density at radius 3 is 2.89 bits per heavy atom. The van der Waals surface area contributed by atoms with Crippen LogP contribution in [0.4, 0.5) is 11.4 Å². The van der Waals surface area contributed by atoms with E-state index in [1.807, 2.05) is 18.2 Å². The van der Waals surface area contributed by atoms with Crippen LogP contribution in [0.2, 0.25) is 0 Å². The highest BCUT2D eigenvalue weighted by Crippen LogP contribution is 2.34. The summed E-state index contributed by atoms with van der Waals surface area (Å²) in [5, 5.41) is 3.11. The van der Waals surface area contributed by atoms with E-state index >= 15 is 0 Å². The Labute approximate surface area is 108 Å². The molecule has 5 heteroatoms. The average Bonchev–Trinajstić information content (AvgIpc) is 2.30. The molecule has 0 aliphatic carbocycles. The zero-order valence-corrected chi connectivity index (χ0v) is 11.0. The molecule has 98 valence electrons. The zero-order valence-electron chi connectivity index (χ0n) is 11.0. The number of nitrogens with two attached hydrogens (primary N) is 2. The summed E-state index contributed by atoms with van der Waals surface area (Å²) in [6.45, 7) is 1.000. The summed E-state index contributed by atoms with van der Waals surface area (Å²) in [4.78, 5) is 6.56. The summed E-state index contributed by atoms with van der Waals surface area (Å²) < 4.78 is 0. The monoisotopic (exact) mass is 247 g/mol. The van der Waals surface area contributed by atoms with Gasteiger partial charge in [-0.3, -0.25) is 0 Å². The first-order valence-electron chi connectivity index (χ1n) is 6.15. The number of rotatable bonds is 4. The second-order valence-electron chi connectivity index (χ2n) is 5.04. The fourth-order valence-corrected chi connectivity index (χ4v) is 2.20. The minimum atomic E-state index is -0.661. The molecule has 1 unspecified atom stereocenters. The molecule has 0 saturated carbocycles. The normalized spacial score (nSPS) is 21.8. The molecular weight excluding hydrogens is 226 g/mol. The van der Waals surface area contributed by atoms with E-state index in [1.165, 1.54) is 0 Å². The number of fused-ring (bicyclic) bond motifs is 1. The van der Waals surface area contributed by atoms with E-state index in [-0.39, 0.29) is 0 Å². The van der Waals surface area contributed by atoms with E-state index in [2.05, 4.69) is 29.3 Å². The smallest absolute Gasteiger partial charge is 0.137 e. The van der Waals surface area contributed by atoms with Gasteiger partial charge in [0, 0.05) is 16.9 Å². The number of hydrogen-bond donors (Lipinski definition) is 3. The van der Waals surface area contributed by atoms with Crippen molar-refractivity contribution in [2.24, 2.45) is 10.7 Å². The standard InChI is InChI=1S/C13H21N5/c1-18(2)7-3-6-13(15)11-8-10(14)4-5-12(11)16-9-17-13/h4-5,8-9H,3,6-7,14-15H2,1-2H3,(H,16,17). The van der Waals surface area contributed by atoms with E-state index in [0.29, 0.717) is 0 Å². The number of benzene rings is 1. The molecule has 0 aromatic heterocycles.